The van der Waals surface area contributed by atoms with E-state index < -0.39 is 6.04 Å². The molecule has 4 nitrogen and oxygen atoms in total. The first kappa shape index (κ1) is 9.54. The zero-order valence-electron chi connectivity index (χ0n) is 7.45. The summed E-state index contributed by atoms with van der Waals surface area (Å²) in [5.41, 5.74) is 12.1. The highest BCUT2D eigenvalue weighted by Gasteiger charge is 2.08. The molecule has 0 spiro atoms. The minimum atomic E-state index is -0.528. The number of nitrogens with two attached hydrogens (primary N) is 2. The van der Waals surface area contributed by atoms with Crippen LogP contribution in [-0.2, 0) is 4.79 Å². The van der Waals surface area contributed by atoms with Gasteiger partial charge in [-0.25, -0.2) is 0 Å². The van der Waals surface area contributed by atoms with Crippen molar-refractivity contribution in [1.82, 2.24) is 0 Å². The van der Waals surface area contributed by atoms with Gasteiger partial charge >= 0.3 is 0 Å². The van der Waals surface area contributed by atoms with E-state index in [4.69, 9.17) is 11.5 Å². The van der Waals surface area contributed by atoms with Crippen LogP contribution in [0, 0.1) is 0 Å². The van der Waals surface area contributed by atoms with Crippen LogP contribution in [-0.4, -0.2) is 11.9 Å². The van der Waals surface area contributed by atoms with E-state index in [1.165, 1.54) is 0 Å². The molecule has 0 fully saturated rings. The van der Waals surface area contributed by atoms with E-state index in [1.807, 2.05) is 0 Å². The number of carbonyl (C=O) groups excluding carboxylic acids is 1. The molecule has 4 heteroatoms. The van der Waals surface area contributed by atoms with Gasteiger partial charge in [0.2, 0.25) is 5.91 Å². The summed E-state index contributed by atoms with van der Waals surface area (Å²) in [5, 5.41) is 2.62. The quantitative estimate of drug-likeness (QED) is 0.580. The molecule has 1 aromatic rings. The van der Waals surface area contributed by atoms with Crippen molar-refractivity contribution in [3.8, 4) is 0 Å². The zero-order chi connectivity index (χ0) is 9.84. The number of anilines is 2. The average molecular weight is 179 g/mol. The van der Waals surface area contributed by atoms with Gasteiger partial charge in [0.15, 0.2) is 0 Å². The normalized spacial score (nSPS) is 12.2. The lowest BCUT2D eigenvalue weighted by Crippen LogP contribution is -2.32. The second-order valence-electron chi connectivity index (χ2n) is 2.87. The van der Waals surface area contributed by atoms with Gasteiger partial charge in [-0.3, -0.25) is 4.79 Å². The van der Waals surface area contributed by atoms with Crippen molar-refractivity contribution in [2.24, 2.45) is 5.73 Å². The lowest BCUT2D eigenvalue weighted by Gasteiger charge is -2.09. The lowest BCUT2D eigenvalue weighted by molar-refractivity contribution is -0.117. The molecule has 1 rings (SSSR count). The van der Waals surface area contributed by atoms with E-state index in [-0.39, 0.29) is 5.91 Å². The van der Waals surface area contributed by atoms with E-state index in [9.17, 15) is 4.79 Å². The first-order valence-corrected chi connectivity index (χ1v) is 4.02. The summed E-state index contributed by atoms with van der Waals surface area (Å²) in [4.78, 5) is 11.2. The Morgan fingerprint density at radius 1 is 1.46 bits per heavy atom. The molecule has 0 heterocycles. The Bertz CT molecular complexity index is 309. The predicted octanol–water partition coefficient (Wildman–Crippen LogP) is 0.554. The summed E-state index contributed by atoms with van der Waals surface area (Å²) in [6, 6.07) is 6.52. The fraction of sp³-hybridized carbons (Fsp3) is 0.222. The van der Waals surface area contributed by atoms with Gasteiger partial charge in [0, 0.05) is 0 Å². The number of para-hydroxylation sites is 2. The summed E-state index contributed by atoms with van der Waals surface area (Å²) in [7, 11) is 0. The van der Waals surface area contributed by atoms with Crippen LogP contribution >= 0.6 is 0 Å². The van der Waals surface area contributed by atoms with Crippen molar-refractivity contribution < 1.29 is 4.79 Å². The van der Waals surface area contributed by atoms with Gasteiger partial charge in [0.05, 0.1) is 17.4 Å². The smallest absolute Gasteiger partial charge is 0.241 e. The highest BCUT2D eigenvalue weighted by atomic mass is 16.2. The highest BCUT2D eigenvalue weighted by molar-refractivity contribution is 5.96. The topological polar surface area (TPSA) is 81.1 Å². The van der Waals surface area contributed by atoms with Crippen molar-refractivity contribution in [3.05, 3.63) is 24.3 Å². The summed E-state index contributed by atoms with van der Waals surface area (Å²) in [5.74, 6) is -0.238. The van der Waals surface area contributed by atoms with Gasteiger partial charge in [0.1, 0.15) is 0 Å². The van der Waals surface area contributed by atoms with Gasteiger partial charge in [0.25, 0.3) is 0 Å². The van der Waals surface area contributed by atoms with Crippen LogP contribution in [0.25, 0.3) is 0 Å². The average Bonchev–Trinajstić information content (AvgIpc) is 2.08. The third-order valence-electron chi connectivity index (χ3n) is 1.63. The number of hydrogen-bond donors (Lipinski definition) is 3. The Morgan fingerprint density at radius 3 is 2.62 bits per heavy atom. The maximum Gasteiger partial charge on any atom is 0.241 e. The maximum absolute atomic E-state index is 11.2. The lowest BCUT2D eigenvalue weighted by atomic mass is 10.2. The van der Waals surface area contributed by atoms with Crippen LogP contribution in [0.5, 0.6) is 0 Å². The molecule has 0 aliphatic heterocycles. The fourth-order valence-corrected chi connectivity index (χ4v) is 0.857. The van der Waals surface area contributed by atoms with Crippen molar-refractivity contribution >= 4 is 17.3 Å². The third kappa shape index (κ3) is 2.45. The number of amides is 1. The summed E-state index contributed by atoms with van der Waals surface area (Å²) < 4.78 is 0. The largest absolute Gasteiger partial charge is 0.397 e. The van der Waals surface area contributed by atoms with Crippen molar-refractivity contribution in [3.63, 3.8) is 0 Å². The van der Waals surface area contributed by atoms with Gasteiger partial charge in [-0.05, 0) is 19.1 Å². The Kier molecular flexibility index (Phi) is 2.87. The first-order chi connectivity index (χ1) is 6.11. The van der Waals surface area contributed by atoms with Crippen molar-refractivity contribution in [2.75, 3.05) is 11.1 Å². The van der Waals surface area contributed by atoms with Crippen LogP contribution < -0.4 is 16.8 Å². The van der Waals surface area contributed by atoms with Crippen LogP contribution in [0.1, 0.15) is 6.92 Å². The molecule has 0 bridgehead atoms. The molecule has 1 aromatic carbocycles. The number of nitrogen functional groups attached to an aromatic ring is 1. The Labute approximate surface area is 76.9 Å². The Hall–Kier alpha value is -1.55. The van der Waals surface area contributed by atoms with Crippen LogP contribution in [0.15, 0.2) is 24.3 Å². The van der Waals surface area contributed by atoms with Crippen LogP contribution in [0.2, 0.25) is 0 Å². The molecule has 1 atom stereocenters. The molecular formula is C9H13N3O. The standard InChI is InChI=1S/C9H13N3O/c1-6(10)9(13)12-8-5-3-2-4-7(8)11/h2-6H,10-11H2,1H3,(H,12,13)/t6-/m0/s1. The molecule has 1 amide bonds. The van der Waals surface area contributed by atoms with E-state index in [0.29, 0.717) is 11.4 Å². The van der Waals surface area contributed by atoms with Gasteiger partial charge in [-0.2, -0.15) is 0 Å². The fourth-order valence-electron chi connectivity index (χ4n) is 0.857. The van der Waals surface area contributed by atoms with E-state index >= 15 is 0 Å². The molecule has 5 N–H and O–H groups in total. The molecule has 0 saturated heterocycles. The summed E-state index contributed by atoms with van der Waals surface area (Å²) >= 11 is 0. The van der Waals surface area contributed by atoms with Crippen molar-refractivity contribution in [2.45, 2.75) is 13.0 Å². The summed E-state index contributed by atoms with van der Waals surface area (Å²) in [6.45, 7) is 1.62. The van der Waals surface area contributed by atoms with Crippen LogP contribution in [0.4, 0.5) is 11.4 Å². The van der Waals surface area contributed by atoms with Gasteiger partial charge in [-0.1, -0.05) is 12.1 Å². The number of hydrogen-bond acceptors (Lipinski definition) is 3. The van der Waals surface area contributed by atoms with Gasteiger partial charge < -0.3 is 16.8 Å². The molecule has 0 aromatic heterocycles. The Morgan fingerprint density at radius 2 is 2.08 bits per heavy atom. The van der Waals surface area contributed by atoms with Crippen molar-refractivity contribution in [1.29, 1.82) is 0 Å². The summed E-state index contributed by atoms with van der Waals surface area (Å²) in [6.07, 6.45) is 0. The first-order valence-electron chi connectivity index (χ1n) is 4.02. The molecular weight excluding hydrogens is 166 g/mol. The second-order valence-corrected chi connectivity index (χ2v) is 2.87. The molecule has 0 radical (unpaired) electrons. The molecule has 0 aliphatic carbocycles. The number of carbonyl (C=O) groups is 1. The van der Waals surface area contributed by atoms with E-state index in [0.717, 1.165) is 0 Å². The number of benzene rings is 1. The molecule has 13 heavy (non-hydrogen) atoms. The maximum atomic E-state index is 11.2. The second kappa shape index (κ2) is 3.91. The Balaban J connectivity index is 2.75. The number of rotatable bonds is 2. The predicted molar refractivity (Wildman–Crippen MR) is 53.1 cm³/mol. The van der Waals surface area contributed by atoms with E-state index in [1.54, 1.807) is 31.2 Å². The monoisotopic (exact) mass is 179 g/mol. The van der Waals surface area contributed by atoms with E-state index in [2.05, 4.69) is 5.32 Å². The number of nitrogens with one attached hydrogen (secondary N) is 1. The zero-order valence-corrected chi connectivity index (χ0v) is 7.45. The molecule has 0 saturated carbocycles. The van der Waals surface area contributed by atoms with Crippen LogP contribution in [0.3, 0.4) is 0 Å². The minimum Gasteiger partial charge on any atom is -0.397 e. The molecule has 0 unspecified atom stereocenters. The third-order valence-corrected chi connectivity index (χ3v) is 1.63. The highest BCUT2D eigenvalue weighted by Crippen LogP contribution is 2.16. The molecule has 70 valence electrons. The SMILES string of the molecule is C[C@H](N)C(=O)Nc1ccccc1N. The van der Waals surface area contributed by atoms with Gasteiger partial charge in [-0.15, -0.1) is 0 Å². The molecule has 0 aliphatic rings. The minimum absolute atomic E-state index is 0.238.